The molecule has 0 aliphatic carbocycles. The molecule has 0 atom stereocenters. The van der Waals surface area contributed by atoms with Gasteiger partial charge in [0.1, 0.15) is 5.00 Å². The molecule has 3 heterocycles. The Morgan fingerprint density at radius 1 is 1.00 bits per heavy atom. The van der Waals surface area contributed by atoms with Gasteiger partial charge in [0.05, 0.1) is 11.8 Å². The van der Waals surface area contributed by atoms with Crippen LogP contribution in [0.2, 0.25) is 0 Å². The number of hydrogen-bond acceptors (Lipinski definition) is 5. The summed E-state index contributed by atoms with van der Waals surface area (Å²) in [6.07, 6.45) is 5.29. The fraction of sp³-hybridized carbons (Fsp3) is 0.500. The first kappa shape index (κ1) is 23.9. The number of likely N-dealkylation sites (tertiary alicyclic amines) is 1. The number of benzene rings is 1. The molecule has 0 unspecified atom stereocenters. The maximum atomic E-state index is 13.5. The summed E-state index contributed by atoms with van der Waals surface area (Å²) in [6.45, 7) is 4.12. The number of carbonyl (C=O) groups excluding carboxylic acids is 2. The molecule has 2 saturated heterocycles. The van der Waals surface area contributed by atoms with Crippen LogP contribution in [0.25, 0.3) is 10.4 Å². The maximum Gasteiger partial charge on any atom is 0.257 e. The van der Waals surface area contributed by atoms with E-state index in [1.807, 2.05) is 42.2 Å². The highest BCUT2D eigenvalue weighted by Crippen LogP contribution is 2.41. The van der Waals surface area contributed by atoms with Crippen molar-refractivity contribution < 1.29 is 18.0 Å². The molecule has 2 aromatic rings. The third-order valence-electron chi connectivity index (χ3n) is 6.57. The summed E-state index contributed by atoms with van der Waals surface area (Å²) < 4.78 is 25.0. The van der Waals surface area contributed by atoms with Crippen LogP contribution in [-0.2, 0) is 14.8 Å². The van der Waals surface area contributed by atoms with Gasteiger partial charge in [-0.25, -0.2) is 12.7 Å². The molecule has 9 heteroatoms. The first-order valence-corrected chi connectivity index (χ1v) is 14.2. The number of anilines is 1. The molecule has 7 nitrogen and oxygen atoms in total. The molecule has 2 amide bonds. The number of amides is 2. The minimum absolute atomic E-state index is 0.0205. The van der Waals surface area contributed by atoms with Crippen LogP contribution >= 0.6 is 11.3 Å². The second-order valence-electron chi connectivity index (χ2n) is 8.90. The van der Waals surface area contributed by atoms with Gasteiger partial charge in [0.2, 0.25) is 15.9 Å². The summed E-state index contributed by atoms with van der Waals surface area (Å²) in [4.78, 5) is 29.5. The zero-order valence-corrected chi connectivity index (χ0v) is 20.8. The molecule has 1 aromatic heterocycles. The van der Waals surface area contributed by atoms with Crippen LogP contribution in [-0.4, -0.2) is 61.9 Å². The molecule has 0 radical (unpaired) electrons. The van der Waals surface area contributed by atoms with Gasteiger partial charge >= 0.3 is 0 Å². The van der Waals surface area contributed by atoms with Gasteiger partial charge in [-0.1, -0.05) is 30.3 Å². The van der Waals surface area contributed by atoms with Crippen molar-refractivity contribution in [2.24, 2.45) is 5.92 Å². The van der Waals surface area contributed by atoms with E-state index in [1.54, 1.807) is 0 Å². The smallest absolute Gasteiger partial charge is 0.257 e. The van der Waals surface area contributed by atoms with Gasteiger partial charge in [-0.15, -0.1) is 11.3 Å². The van der Waals surface area contributed by atoms with Crippen LogP contribution < -0.4 is 5.32 Å². The molecular weight excluding hydrogens is 458 g/mol. The van der Waals surface area contributed by atoms with Crippen LogP contribution in [0.1, 0.15) is 48.0 Å². The standard InChI is InChI=1S/C24H31N3O4S2/c1-17-20(24(29)26-13-7-4-8-14-26)23(32-21(17)18-9-5-3-6-10-18)25-22(28)19-11-15-27(16-12-19)33(2,30)31/h3,5-6,9-10,19H,4,7-8,11-16H2,1-2H3,(H,25,28). The Bertz CT molecular complexity index is 1110. The van der Waals surface area contributed by atoms with Crippen molar-refractivity contribution in [1.29, 1.82) is 0 Å². The fourth-order valence-corrected chi connectivity index (χ4v) is 6.72. The van der Waals surface area contributed by atoms with E-state index >= 15 is 0 Å². The van der Waals surface area contributed by atoms with Crippen molar-refractivity contribution in [1.82, 2.24) is 9.21 Å². The van der Waals surface area contributed by atoms with Gasteiger partial charge in [-0.2, -0.15) is 0 Å². The van der Waals surface area contributed by atoms with Crippen molar-refractivity contribution >= 4 is 38.2 Å². The van der Waals surface area contributed by atoms with Crippen LogP contribution in [0.5, 0.6) is 0 Å². The molecule has 4 rings (SSSR count). The summed E-state index contributed by atoms with van der Waals surface area (Å²) in [6, 6.07) is 9.92. The molecule has 178 valence electrons. The second-order valence-corrected chi connectivity index (χ2v) is 11.9. The van der Waals surface area contributed by atoms with Gasteiger partial charge in [-0.05, 0) is 50.2 Å². The Morgan fingerprint density at radius 3 is 2.24 bits per heavy atom. The number of hydrogen-bond donors (Lipinski definition) is 1. The highest BCUT2D eigenvalue weighted by atomic mass is 32.2. The average Bonchev–Trinajstić information content (AvgIpc) is 3.14. The minimum Gasteiger partial charge on any atom is -0.339 e. The normalized spacial score (nSPS) is 18.3. The molecule has 0 bridgehead atoms. The monoisotopic (exact) mass is 489 g/mol. The summed E-state index contributed by atoms with van der Waals surface area (Å²) in [5, 5.41) is 3.64. The third-order valence-corrected chi connectivity index (χ3v) is 9.13. The van der Waals surface area contributed by atoms with E-state index in [0.717, 1.165) is 48.4 Å². The molecule has 2 aliphatic rings. The lowest BCUT2D eigenvalue weighted by molar-refractivity contribution is -0.120. The van der Waals surface area contributed by atoms with E-state index in [0.29, 0.717) is 36.5 Å². The van der Waals surface area contributed by atoms with Crippen LogP contribution in [0.15, 0.2) is 30.3 Å². The third kappa shape index (κ3) is 5.31. The molecule has 2 aliphatic heterocycles. The Hall–Kier alpha value is -2.23. The predicted molar refractivity (Wildman–Crippen MR) is 132 cm³/mol. The number of nitrogens with one attached hydrogen (secondary N) is 1. The molecule has 0 spiro atoms. The Kier molecular flexibility index (Phi) is 7.21. The number of rotatable bonds is 5. The first-order valence-electron chi connectivity index (χ1n) is 11.5. The lowest BCUT2D eigenvalue weighted by Gasteiger charge is -2.29. The van der Waals surface area contributed by atoms with E-state index in [1.165, 1.54) is 21.9 Å². The van der Waals surface area contributed by atoms with Crippen LogP contribution in [0.3, 0.4) is 0 Å². The summed E-state index contributed by atoms with van der Waals surface area (Å²) in [7, 11) is -3.24. The SMILES string of the molecule is Cc1c(-c2ccccc2)sc(NC(=O)C2CCN(S(C)(=O)=O)CC2)c1C(=O)N1CCCCC1. The van der Waals surface area contributed by atoms with Gasteiger partial charge in [-0.3, -0.25) is 9.59 Å². The van der Waals surface area contributed by atoms with Crippen LogP contribution in [0.4, 0.5) is 5.00 Å². The zero-order chi connectivity index (χ0) is 23.6. The molecule has 1 N–H and O–H groups in total. The summed E-state index contributed by atoms with van der Waals surface area (Å²) >= 11 is 1.44. The second kappa shape index (κ2) is 9.95. The van der Waals surface area contributed by atoms with Gasteiger partial charge < -0.3 is 10.2 Å². The highest BCUT2D eigenvalue weighted by molar-refractivity contribution is 7.88. The molecule has 0 saturated carbocycles. The van der Waals surface area contributed by atoms with Crippen molar-refractivity contribution in [3.63, 3.8) is 0 Å². The predicted octanol–water partition coefficient (Wildman–Crippen LogP) is 3.96. The number of sulfonamides is 1. The van der Waals surface area contributed by atoms with E-state index < -0.39 is 10.0 Å². The van der Waals surface area contributed by atoms with Gasteiger partial charge in [0.15, 0.2) is 0 Å². The topological polar surface area (TPSA) is 86.8 Å². The molecule has 2 fully saturated rings. The summed E-state index contributed by atoms with van der Waals surface area (Å²) in [5.41, 5.74) is 2.50. The number of thiophene rings is 1. The van der Waals surface area contributed by atoms with Crippen molar-refractivity contribution in [3.8, 4) is 10.4 Å². The Morgan fingerprint density at radius 2 is 1.64 bits per heavy atom. The van der Waals surface area contributed by atoms with E-state index in [-0.39, 0.29) is 17.7 Å². The van der Waals surface area contributed by atoms with Crippen LogP contribution in [0, 0.1) is 12.8 Å². The zero-order valence-electron chi connectivity index (χ0n) is 19.2. The number of nitrogens with zero attached hydrogens (tertiary/aromatic N) is 2. The minimum atomic E-state index is -3.24. The first-order chi connectivity index (χ1) is 15.8. The molecular formula is C24H31N3O4S2. The lowest BCUT2D eigenvalue weighted by atomic mass is 9.97. The highest BCUT2D eigenvalue weighted by Gasteiger charge is 2.32. The Balaban J connectivity index is 1.60. The molecule has 1 aromatic carbocycles. The van der Waals surface area contributed by atoms with E-state index in [9.17, 15) is 18.0 Å². The maximum absolute atomic E-state index is 13.5. The quantitative estimate of drug-likeness (QED) is 0.689. The number of piperidine rings is 2. The molecule has 33 heavy (non-hydrogen) atoms. The average molecular weight is 490 g/mol. The number of carbonyl (C=O) groups is 2. The Labute approximate surface area is 199 Å². The van der Waals surface area contributed by atoms with Crippen molar-refractivity contribution in [3.05, 3.63) is 41.5 Å². The van der Waals surface area contributed by atoms with Crippen molar-refractivity contribution in [2.45, 2.75) is 39.0 Å². The largest absolute Gasteiger partial charge is 0.339 e. The van der Waals surface area contributed by atoms with E-state index in [4.69, 9.17) is 0 Å². The summed E-state index contributed by atoms with van der Waals surface area (Å²) in [5.74, 6) is -0.437. The van der Waals surface area contributed by atoms with Gasteiger partial charge in [0.25, 0.3) is 5.91 Å². The lowest BCUT2D eigenvalue weighted by Crippen LogP contribution is -2.41. The van der Waals surface area contributed by atoms with E-state index in [2.05, 4.69) is 5.32 Å². The fourth-order valence-electron chi connectivity index (χ4n) is 4.64. The van der Waals surface area contributed by atoms with Gasteiger partial charge in [0, 0.05) is 37.0 Å². The van der Waals surface area contributed by atoms with Crippen molar-refractivity contribution in [2.75, 3.05) is 37.8 Å².